The zero-order valence-corrected chi connectivity index (χ0v) is 23.3. The molecule has 214 valence electrons. The van der Waals surface area contributed by atoms with Crippen LogP contribution in [0.2, 0.25) is 0 Å². The predicted octanol–water partition coefficient (Wildman–Crippen LogP) is 2.95. The van der Waals surface area contributed by atoms with Crippen LogP contribution in [0, 0.1) is 11.8 Å². The van der Waals surface area contributed by atoms with E-state index in [4.69, 9.17) is 14.2 Å². The number of ether oxygens (including phenoxy) is 3. The molecule has 9 nitrogen and oxygen atoms in total. The molecule has 0 spiro atoms. The molecule has 38 heavy (non-hydrogen) atoms. The molecule has 2 aliphatic heterocycles. The van der Waals surface area contributed by atoms with Gasteiger partial charge in [-0.1, -0.05) is 39.0 Å². The monoisotopic (exact) mass is 536 g/mol. The van der Waals surface area contributed by atoms with Crippen molar-refractivity contribution < 1.29 is 43.9 Å². The van der Waals surface area contributed by atoms with Gasteiger partial charge in [0.25, 0.3) is 0 Å². The number of allylic oxidation sites excluding steroid dienone is 3. The molecule has 9 unspecified atom stereocenters. The van der Waals surface area contributed by atoms with E-state index in [1.807, 2.05) is 20.8 Å². The number of epoxide rings is 1. The molecule has 9 atom stereocenters. The van der Waals surface area contributed by atoms with E-state index >= 15 is 0 Å². The molecule has 9 heteroatoms. The van der Waals surface area contributed by atoms with Crippen LogP contribution < -0.4 is 0 Å². The van der Waals surface area contributed by atoms with E-state index in [-0.39, 0.29) is 55.5 Å². The van der Waals surface area contributed by atoms with Crippen molar-refractivity contribution >= 4 is 17.7 Å². The molecule has 1 fully saturated rings. The van der Waals surface area contributed by atoms with E-state index in [2.05, 4.69) is 0 Å². The summed E-state index contributed by atoms with van der Waals surface area (Å²) < 4.78 is 16.6. The molecule has 0 aromatic carbocycles. The highest BCUT2D eigenvalue weighted by Gasteiger charge is 2.45. The fourth-order valence-corrected chi connectivity index (χ4v) is 4.67. The van der Waals surface area contributed by atoms with Crippen LogP contribution in [0.25, 0.3) is 0 Å². The number of cyclic esters (lactones) is 1. The van der Waals surface area contributed by atoms with Crippen molar-refractivity contribution in [2.75, 3.05) is 0 Å². The molecule has 2 rings (SSSR count). The van der Waals surface area contributed by atoms with Gasteiger partial charge in [-0.05, 0) is 50.8 Å². The molecule has 3 N–H and O–H groups in total. The van der Waals surface area contributed by atoms with Gasteiger partial charge in [-0.25, -0.2) is 0 Å². The molecule has 0 aromatic rings. The van der Waals surface area contributed by atoms with E-state index in [0.29, 0.717) is 12.0 Å². The van der Waals surface area contributed by atoms with Crippen LogP contribution in [0.15, 0.2) is 36.0 Å². The minimum Gasteiger partial charge on any atom is -0.457 e. The van der Waals surface area contributed by atoms with Crippen molar-refractivity contribution in [1.82, 2.24) is 0 Å². The highest BCUT2D eigenvalue weighted by Crippen LogP contribution is 2.34. The minimum atomic E-state index is -1.44. The van der Waals surface area contributed by atoms with Crippen LogP contribution >= 0.6 is 0 Å². The van der Waals surface area contributed by atoms with Gasteiger partial charge in [0, 0.05) is 25.2 Å². The maximum Gasteiger partial charge on any atom is 0.309 e. The Morgan fingerprint density at radius 2 is 1.97 bits per heavy atom. The second-order valence-corrected chi connectivity index (χ2v) is 10.9. The summed E-state index contributed by atoms with van der Waals surface area (Å²) in [6, 6.07) is 0. The fourth-order valence-electron chi connectivity index (χ4n) is 4.67. The Morgan fingerprint density at radius 1 is 1.29 bits per heavy atom. The summed E-state index contributed by atoms with van der Waals surface area (Å²) in [6.45, 7) is 10.2. The van der Waals surface area contributed by atoms with Crippen molar-refractivity contribution in [1.29, 1.82) is 0 Å². The summed E-state index contributed by atoms with van der Waals surface area (Å²) in [5.41, 5.74) is -0.770. The highest BCUT2D eigenvalue weighted by atomic mass is 16.6. The third-order valence-electron chi connectivity index (χ3n) is 7.27. The van der Waals surface area contributed by atoms with Crippen LogP contribution in [0.5, 0.6) is 0 Å². The van der Waals surface area contributed by atoms with E-state index < -0.39 is 42.0 Å². The lowest BCUT2D eigenvalue weighted by atomic mass is 9.88. The lowest BCUT2D eigenvalue weighted by molar-refractivity contribution is -0.157. The second-order valence-electron chi connectivity index (χ2n) is 10.9. The van der Waals surface area contributed by atoms with Gasteiger partial charge in [0.2, 0.25) is 0 Å². The Balaban J connectivity index is 2.13. The fraction of sp³-hybridized carbons (Fsp3) is 0.690. The summed E-state index contributed by atoms with van der Waals surface area (Å²) in [7, 11) is 0. The average Bonchev–Trinajstić information content (AvgIpc) is 3.60. The molecular formula is C29H44O9. The summed E-state index contributed by atoms with van der Waals surface area (Å²) in [4.78, 5) is 36.6. The van der Waals surface area contributed by atoms with Gasteiger partial charge in [0.15, 0.2) is 5.78 Å². The van der Waals surface area contributed by atoms with Crippen molar-refractivity contribution in [3.63, 3.8) is 0 Å². The quantitative estimate of drug-likeness (QED) is 0.133. The third kappa shape index (κ3) is 9.76. The molecule has 0 aromatic heterocycles. The smallest absolute Gasteiger partial charge is 0.309 e. The number of carbonyl (C=O) groups is 3. The van der Waals surface area contributed by atoms with Gasteiger partial charge in [0.05, 0.1) is 30.8 Å². The zero-order valence-electron chi connectivity index (χ0n) is 23.3. The third-order valence-corrected chi connectivity index (χ3v) is 7.27. The molecule has 0 radical (unpaired) electrons. The number of hydrogen-bond donors (Lipinski definition) is 3. The van der Waals surface area contributed by atoms with Crippen molar-refractivity contribution in [2.45, 2.75) is 116 Å². The van der Waals surface area contributed by atoms with Crippen LogP contribution in [0.4, 0.5) is 0 Å². The number of rotatable bonds is 9. The van der Waals surface area contributed by atoms with E-state index in [1.165, 1.54) is 19.9 Å². The SMILES string of the molecule is CCC(O)C(C)C1OC1CC(=O)/C=C/C=C(\C)C1OC(=O)CC(O)CCC(C)(O)C(OC(C)=O)/C=C/C1C. The second kappa shape index (κ2) is 14.2. The van der Waals surface area contributed by atoms with Gasteiger partial charge in [-0.2, -0.15) is 0 Å². The number of aliphatic hydroxyl groups excluding tert-OH is 2. The number of hydrogen-bond acceptors (Lipinski definition) is 9. The van der Waals surface area contributed by atoms with Crippen LogP contribution in [0.1, 0.15) is 73.6 Å². The molecule has 0 bridgehead atoms. The molecule has 2 heterocycles. The number of aliphatic hydroxyl groups is 3. The number of ketones is 1. The summed E-state index contributed by atoms with van der Waals surface area (Å²) in [5, 5.41) is 31.2. The van der Waals surface area contributed by atoms with E-state index in [1.54, 1.807) is 31.2 Å². The van der Waals surface area contributed by atoms with Gasteiger partial charge in [-0.3, -0.25) is 14.4 Å². The van der Waals surface area contributed by atoms with E-state index in [0.717, 1.165) is 0 Å². The minimum absolute atomic E-state index is 0.0306. The first kappa shape index (κ1) is 31.9. The number of esters is 2. The lowest BCUT2D eigenvalue weighted by Crippen LogP contribution is -2.42. The Kier molecular flexibility index (Phi) is 11.9. The van der Waals surface area contributed by atoms with Gasteiger partial charge in [-0.15, -0.1) is 0 Å². The summed E-state index contributed by atoms with van der Waals surface area (Å²) in [6.07, 6.45) is 5.45. The average molecular weight is 537 g/mol. The first-order valence-electron chi connectivity index (χ1n) is 13.4. The van der Waals surface area contributed by atoms with Crippen molar-refractivity contribution in [3.8, 4) is 0 Å². The summed E-state index contributed by atoms with van der Waals surface area (Å²) >= 11 is 0. The van der Waals surface area contributed by atoms with Crippen molar-refractivity contribution in [3.05, 3.63) is 36.0 Å². The lowest BCUT2D eigenvalue weighted by Gasteiger charge is -2.32. The van der Waals surface area contributed by atoms with Crippen LogP contribution in [-0.4, -0.2) is 75.3 Å². The van der Waals surface area contributed by atoms with E-state index in [9.17, 15) is 29.7 Å². The maximum atomic E-state index is 12.5. The molecule has 0 amide bonds. The molecule has 1 saturated heterocycles. The van der Waals surface area contributed by atoms with Crippen molar-refractivity contribution in [2.24, 2.45) is 11.8 Å². The normalized spacial score (nSPS) is 35.4. The zero-order chi connectivity index (χ0) is 28.6. The first-order valence-corrected chi connectivity index (χ1v) is 13.4. The molecule has 2 aliphatic rings. The highest BCUT2D eigenvalue weighted by molar-refractivity contribution is 5.90. The first-order chi connectivity index (χ1) is 17.7. The van der Waals surface area contributed by atoms with Gasteiger partial charge < -0.3 is 29.5 Å². The Bertz CT molecular complexity index is 919. The van der Waals surface area contributed by atoms with Crippen LogP contribution in [-0.2, 0) is 28.6 Å². The predicted molar refractivity (Wildman–Crippen MR) is 141 cm³/mol. The van der Waals surface area contributed by atoms with Gasteiger partial charge in [0.1, 0.15) is 17.8 Å². The molecule has 0 aliphatic carbocycles. The largest absolute Gasteiger partial charge is 0.457 e. The molecule has 0 saturated carbocycles. The standard InChI is InChI=1S/C29H44O9/c1-7-23(33)19(4)28-24(37-28)15-21(31)10-8-9-17(2)27-18(3)11-12-25(36-20(5)30)29(6,35)14-13-22(32)16-26(34)38-27/h8-12,18-19,22-25,27-28,32-33,35H,7,13-16H2,1-6H3/b10-8+,12-11+,17-9+. The van der Waals surface area contributed by atoms with Gasteiger partial charge >= 0.3 is 11.9 Å². The molecular weight excluding hydrogens is 492 g/mol. The Hall–Kier alpha value is -2.33. The number of carbonyl (C=O) groups excluding carboxylic acids is 3. The maximum absolute atomic E-state index is 12.5. The summed E-state index contributed by atoms with van der Waals surface area (Å²) in [5.74, 6) is -1.63. The topological polar surface area (TPSA) is 143 Å². The Labute approximate surface area is 225 Å². The van der Waals surface area contributed by atoms with Crippen LogP contribution in [0.3, 0.4) is 0 Å². The Morgan fingerprint density at radius 3 is 2.61 bits per heavy atom.